The summed E-state index contributed by atoms with van der Waals surface area (Å²) in [7, 11) is 0. The van der Waals surface area contributed by atoms with Crippen LogP contribution in [0, 0.1) is 6.92 Å². The van der Waals surface area contributed by atoms with Crippen molar-refractivity contribution >= 4 is 23.4 Å². The van der Waals surface area contributed by atoms with Crippen molar-refractivity contribution in [2.75, 3.05) is 0 Å². The maximum Gasteiger partial charge on any atom is 0.304 e. The molecule has 0 radical (unpaired) electrons. The lowest BCUT2D eigenvalue weighted by atomic mass is 10.3. The molecule has 20 heavy (non-hydrogen) atoms. The van der Waals surface area contributed by atoms with E-state index in [1.807, 2.05) is 26.0 Å². The number of pyridine rings is 1. The van der Waals surface area contributed by atoms with Crippen LogP contribution in [0.15, 0.2) is 29.2 Å². The van der Waals surface area contributed by atoms with Crippen molar-refractivity contribution < 1.29 is 9.90 Å². The lowest BCUT2D eigenvalue weighted by Crippen LogP contribution is -2.15. The molecule has 2 aromatic heterocycles. The molecule has 1 atom stereocenters. The van der Waals surface area contributed by atoms with Gasteiger partial charge in [0.15, 0.2) is 0 Å². The van der Waals surface area contributed by atoms with E-state index in [1.165, 1.54) is 22.2 Å². The summed E-state index contributed by atoms with van der Waals surface area (Å²) in [6.07, 6.45) is 1.87. The standard InChI is InChI=1S/C14H16N2O3S/c1-9-3-4-12-15-11(6-13(17)16(12)7-9)8-20-10(2)5-14(18)19/h3-4,6-7,10H,5,8H2,1-2H3,(H,18,19). The van der Waals surface area contributed by atoms with Gasteiger partial charge in [-0.05, 0) is 18.6 Å². The van der Waals surface area contributed by atoms with Crippen LogP contribution in [0.5, 0.6) is 0 Å². The average molecular weight is 292 g/mol. The Hall–Kier alpha value is -1.82. The van der Waals surface area contributed by atoms with Gasteiger partial charge in [-0.2, -0.15) is 11.8 Å². The number of hydrogen-bond acceptors (Lipinski definition) is 4. The molecule has 0 aliphatic rings. The molecule has 0 saturated carbocycles. The molecule has 0 aliphatic carbocycles. The molecule has 0 aromatic carbocycles. The summed E-state index contributed by atoms with van der Waals surface area (Å²) in [4.78, 5) is 27.0. The smallest absolute Gasteiger partial charge is 0.304 e. The zero-order valence-electron chi connectivity index (χ0n) is 11.4. The molecular weight excluding hydrogens is 276 g/mol. The summed E-state index contributed by atoms with van der Waals surface area (Å²) in [6, 6.07) is 5.23. The number of carbonyl (C=O) groups is 1. The number of nitrogens with zero attached hydrogens (tertiary/aromatic N) is 2. The first-order valence-electron chi connectivity index (χ1n) is 6.28. The van der Waals surface area contributed by atoms with Gasteiger partial charge >= 0.3 is 5.97 Å². The van der Waals surface area contributed by atoms with Gasteiger partial charge in [-0.3, -0.25) is 14.0 Å². The first kappa shape index (κ1) is 14.6. The summed E-state index contributed by atoms with van der Waals surface area (Å²) in [5.74, 6) is -0.277. The second-order valence-corrected chi connectivity index (χ2v) is 6.17. The van der Waals surface area contributed by atoms with Gasteiger partial charge in [0.2, 0.25) is 0 Å². The Labute approximate surface area is 120 Å². The molecule has 2 heterocycles. The lowest BCUT2D eigenvalue weighted by Gasteiger charge is -2.08. The molecule has 0 amide bonds. The van der Waals surface area contributed by atoms with Gasteiger partial charge in [0.05, 0.1) is 12.1 Å². The zero-order chi connectivity index (χ0) is 14.7. The maximum atomic E-state index is 12.0. The monoisotopic (exact) mass is 292 g/mol. The lowest BCUT2D eigenvalue weighted by molar-refractivity contribution is -0.136. The van der Waals surface area contributed by atoms with E-state index in [-0.39, 0.29) is 17.2 Å². The van der Waals surface area contributed by atoms with Gasteiger partial charge in [0.25, 0.3) is 5.56 Å². The normalized spacial score (nSPS) is 12.5. The highest BCUT2D eigenvalue weighted by atomic mass is 32.2. The molecular formula is C14H16N2O3S. The zero-order valence-corrected chi connectivity index (χ0v) is 12.2. The summed E-state index contributed by atoms with van der Waals surface area (Å²) < 4.78 is 1.52. The van der Waals surface area contributed by atoms with E-state index in [0.717, 1.165) is 5.56 Å². The fraction of sp³-hybridized carbons (Fsp3) is 0.357. The number of thioether (sulfide) groups is 1. The minimum atomic E-state index is -0.813. The van der Waals surface area contributed by atoms with E-state index in [1.54, 1.807) is 6.20 Å². The second-order valence-electron chi connectivity index (χ2n) is 4.74. The number of aryl methyl sites for hydroxylation is 1. The Morgan fingerprint density at radius 2 is 2.25 bits per heavy atom. The van der Waals surface area contributed by atoms with Gasteiger partial charge in [-0.1, -0.05) is 13.0 Å². The molecule has 2 rings (SSSR count). The summed E-state index contributed by atoms with van der Waals surface area (Å²) in [5.41, 5.74) is 2.18. The maximum absolute atomic E-state index is 12.0. The largest absolute Gasteiger partial charge is 0.481 e. The fourth-order valence-corrected chi connectivity index (χ4v) is 2.73. The Morgan fingerprint density at radius 1 is 1.50 bits per heavy atom. The molecule has 0 fully saturated rings. The van der Waals surface area contributed by atoms with Crippen molar-refractivity contribution in [1.29, 1.82) is 0 Å². The van der Waals surface area contributed by atoms with Crippen molar-refractivity contribution in [3.8, 4) is 0 Å². The van der Waals surface area contributed by atoms with Crippen LogP contribution >= 0.6 is 11.8 Å². The number of carboxylic acid groups (broad SMARTS) is 1. The Morgan fingerprint density at radius 3 is 2.95 bits per heavy atom. The highest BCUT2D eigenvalue weighted by Gasteiger charge is 2.09. The molecule has 1 unspecified atom stereocenters. The second kappa shape index (κ2) is 6.09. The predicted molar refractivity (Wildman–Crippen MR) is 79.2 cm³/mol. The molecule has 0 spiro atoms. The third-order valence-corrected chi connectivity index (χ3v) is 4.04. The van der Waals surface area contributed by atoms with Crippen molar-refractivity contribution in [2.45, 2.75) is 31.3 Å². The van der Waals surface area contributed by atoms with Crippen LogP contribution in [0.25, 0.3) is 5.65 Å². The third-order valence-electron chi connectivity index (χ3n) is 2.84. The summed E-state index contributed by atoms with van der Waals surface area (Å²) in [5, 5.41) is 8.70. The van der Waals surface area contributed by atoms with Gasteiger partial charge in [-0.15, -0.1) is 0 Å². The van der Waals surface area contributed by atoms with Gasteiger partial charge in [-0.25, -0.2) is 4.98 Å². The van der Waals surface area contributed by atoms with Gasteiger partial charge in [0, 0.05) is 23.3 Å². The number of aliphatic carboxylic acids is 1. The van der Waals surface area contributed by atoms with E-state index >= 15 is 0 Å². The van der Waals surface area contributed by atoms with E-state index in [4.69, 9.17) is 5.11 Å². The molecule has 1 N–H and O–H groups in total. The van der Waals surface area contributed by atoms with Crippen LogP contribution in [0.1, 0.15) is 24.6 Å². The summed E-state index contributed by atoms with van der Waals surface area (Å²) >= 11 is 1.49. The van der Waals surface area contributed by atoms with E-state index in [9.17, 15) is 9.59 Å². The van der Waals surface area contributed by atoms with Crippen LogP contribution in [0.4, 0.5) is 0 Å². The predicted octanol–water partition coefficient (Wildman–Crippen LogP) is 2.10. The molecule has 6 heteroatoms. The Bertz CT molecular complexity index is 696. The van der Waals surface area contributed by atoms with Gasteiger partial charge in [0.1, 0.15) is 5.65 Å². The Balaban J connectivity index is 2.18. The topological polar surface area (TPSA) is 71.7 Å². The number of carboxylic acids is 1. The number of fused-ring (bicyclic) bond motifs is 1. The first-order chi connectivity index (χ1) is 9.45. The molecule has 106 valence electrons. The Kier molecular flexibility index (Phi) is 4.44. The highest BCUT2D eigenvalue weighted by molar-refractivity contribution is 7.99. The van der Waals surface area contributed by atoms with Crippen molar-refractivity contribution in [3.05, 3.63) is 46.0 Å². The molecule has 0 saturated heterocycles. The van der Waals surface area contributed by atoms with Crippen LogP contribution in [0.2, 0.25) is 0 Å². The molecule has 0 aliphatic heterocycles. The fourth-order valence-electron chi connectivity index (χ4n) is 1.86. The highest BCUT2D eigenvalue weighted by Crippen LogP contribution is 2.18. The quantitative estimate of drug-likeness (QED) is 0.913. The molecule has 5 nitrogen and oxygen atoms in total. The summed E-state index contributed by atoms with van der Waals surface area (Å²) in [6.45, 7) is 3.78. The number of aromatic nitrogens is 2. The number of rotatable bonds is 5. The van der Waals surface area contributed by atoms with Crippen LogP contribution in [0.3, 0.4) is 0 Å². The minimum absolute atomic E-state index is 0.00855. The van der Waals surface area contributed by atoms with Gasteiger partial charge < -0.3 is 5.11 Å². The van der Waals surface area contributed by atoms with Crippen LogP contribution in [-0.4, -0.2) is 25.7 Å². The first-order valence-corrected chi connectivity index (χ1v) is 7.33. The van der Waals surface area contributed by atoms with E-state index in [2.05, 4.69) is 4.98 Å². The van der Waals surface area contributed by atoms with E-state index < -0.39 is 5.97 Å². The van der Waals surface area contributed by atoms with Crippen molar-refractivity contribution in [3.63, 3.8) is 0 Å². The van der Waals surface area contributed by atoms with Crippen molar-refractivity contribution in [1.82, 2.24) is 9.38 Å². The third kappa shape index (κ3) is 3.60. The SMILES string of the molecule is Cc1ccc2nc(CSC(C)CC(=O)O)cc(=O)n2c1. The van der Waals surface area contributed by atoms with Crippen LogP contribution < -0.4 is 5.56 Å². The molecule has 0 bridgehead atoms. The minimum Gasteiger partial charge on any atom is -0.481 e. The number of hydrogen-bond donors (Lipinski definition) is 1. The van der Waals surface area contributed by atoms with Crippen molar-refractivity contribution in [2.24, 2.45) is 0 Å². The van der Waals surface area contributed by atoms with E-state index in [0.29, 0.717) is 17.1 Å². The average Bonchev–Trinajstić information content (AvgIpc) is 2.36. The van der Waals surface area contributed by atoms with Crippen LogP contribution in [-0.2, 0) is 10.5 Å². The molecule has 2 aromatic rings.